The maximum absolute atomic E-state index is 12.6. The molecule has 0 aliphatic carbocycles. The number of rotatable bonds is 33. The Bertz CT molecular complexity index is 1200. The summed E-state index contributed by atoms with van der Waals surface area (Å²) in [5, 5.41) is 119. The number of hydrogen-bond donors (Lipinski definition) is 12. The van der Waals surface area contributed by atoms with E-state index in [2.05, 4.69) is 12.2 Å². The predicted octanol–water partition coefficient (Wildman–Crippen LogP) is 0.529. The minimum absolute atomic E-state index is 0.219. The van der Waals surface area contributed by atoms with Crippen molar-refractivity contribution in [2.24, 2.45) is 0 Å². The van der Waals surface area contributed by atoms with Crippen LogP contribution in [0.5, 0.6) is 0 Å². The van der Waals surface area contributed by atoms with Crippen molar-refractivity contribution in [3.05, 3.63) is 0 Å². The van der Waals surface area contributed by atoms with E-state index < -0.39 is 124 Å². The topological polar surface area (TPSA) is 307 Å². The average molecular weight is 928 g/mol. The highest BCUT2D eigenvalue weighted by Gasteiger charge is 2.53. The zero-order valence-electron chi connectivity index (χ0n) is 38.3. The number of ether oxygens (including phenoxy) is 6. The molecule has 0 aromatic heterocycles. The molecular weight excluding hydrogens is 842 g/mol. The van der Waals surface area contributed by atoms with Crippen LogP contribution >= 0.6 is 0 Å². The Morgan fingerprint density at radius 2 is 0.891 bits per heavy atom. The molecule has 3 aliphatic heterocycles. The molecule has 3 fully saturated rings. The Balaban J connectivity index is 1.44. The number of nitrogens with one attached hydrogen (secondary N) is 1. The molecule has 0 bridgehead atoms. The molecule has 12 N–H and O–H groups in total. The Morgan fingerprint density at radius 1 is 0.500 bits per heavy atom. The molecule has 3 saturated heterocycles. The molecule has 3 heterocycles. The van der Waals surface area contributed by atoms with Crippen LogP contribution in [0.15, 0.2) is 0 Å². The number of unbranched alkanes of at least 4 members (excludes halogenated alkanes) is 17. The third kappa shape index (κ3) is 18.4. The summed E-state index contributed by atoms with van der Waals surface area (Å²) >= 11 is 0. The molecule has 378 valence electrons. The molecule has 17 atom stereocenters. The third-order valence-corrected chi connectivity index (χ3v) is 12.7. The van der Waals surface area contributed by atoms with Crippen molar-refractivity contribution in [3.8, 4) is 0 Å². The third-order valence-electron chi connectivity index (χ3n) is 12.7. The molecule has 3 aliphatic rings. The number of hydrogen-bond acceptors (Lipinski definition) is 18. The smallest absolute Gasteiger partial charge is 0.220 e. The van der Waals surface area contributed by atoms with Crippen molar-refractivity contribution in [1.29, 1.82) is 0 Å². The largest absolute Gasteiger partial charge is 0.394 e. The van der Waals surface area contributed by atoms with Gasteiger partial charge in [0.1, 0.15) is 73.2 Å². The summed E-state index contributed by atoms with van der Waals surface area (Å²) in [7, 11) is 0. The summed E-state index contributed by atoms with van der Waals surface area (Å²) in [5.74, 6) is -0.296. The Labute approximate surface area is 379 Å². The average Bonchev–Trinajstić information content (AvgIpc) is 3.28. The van der Waals surface area contributed by atoms with Gasteiger partial charge in [-0.1, -0.05) is 129 Å². The van der Waals surface area contributed by atoms with Crippen LogP contribution in [0.3, 0.4) is 0 Å². The molecule has 19 nitrogen and oxygen atoms in total. The van der Waals surface area contributed by atoms with Crippen LogP contribution in [0.4, 0.5) is 0 Å². The van der Waals surface area contributed by atoms with Gasteiger partial charge in [-0.2, -0.15) is 0 Å². The second kappa shape index (κ2) is 31.8. The van der Waals surface area contributed by atoms with Crippen LogP contribution in [0.1, 0.15) is 149 Å². The van der Waals surface area contributed by atoms with Gasteiger partial charge >= 0.3 is 0 Å². The van der Waals surface area contributed by atoms with E-state index in [-0.39, 0.29) is 18.9 Å². The summed E-state index contributed by atoms with van der Waals surface area (Å²) in [4.78, 5) is 12.6. The lowest BCUT2D eigenvalue weighted by Gasteiger charge is -2.48. The molecule has 0 aromatic carbocycles. The Morgan fingerprint density at radius 3 is 1.33 bits per heavy atom. The molecule has 0 spiro atoms. The fourth-order valence-electron chi connectivity index (χ4n) is 8.59. The minimum atomic E-state index is -1.96. The van der Waals surface area contributed by atoms with E-state index in [1.54, 1.807) is 0 Å². The highest BCUT2D eigenvalue weighted by molar-refractivity contribution is 5.76. The molecule has 0 radical (unpaired) electrons. The van der Waals surface area contributed by atoms with Gasteiger partial charge in [0.25, 0.3) is 0 Å². The zero-order chi connectivity index (χ0) is 47.0. The van der Waals surface area contributed by atoms with E-state index in [9.17, 15) is 61.0 Å². The van der Waals surface area contributed by atoms with Crippen LogP contribution in [0.25, 0.3) is 0 Å². The van der Waals surface area contributed by atoms with Crippen LogP contribution in [0, 0.1) is 0 Å². The first-order chi connectivity index (χ1) is 30.8. The van der Waals surface area contributed by atoms with Gasteiger partial charge in [0, 0.05) is 6.42 Å². The zero-order valence-corrected chi connectivity index (χ0v) is 38.3. The number of carbonyl (C=O) groups excluding carboxylic acids is 1. The maximum Gasteiger partial charge on any atom is 0.220 e. The van der Waals surface area contributed by atoms with Gasteiger partial charge in [-0.25, -0.2) is 0 Å². The number of amides is 1. The first-order valence-corrected chi connectivity index (χ1v) is 24.3. The number of carbonyl (C=O) groups is 1. The SMILES string of the molecule is CCCCCCCCCCCCCCCCCCCCC(O)C(COC1OC(CO)C(OC2OC(CO)C(OC3OC(CO)C(O)C(O)C3O)C(O)C2O)C(O)C1O)NC(=O)CCC. The molecule has 0 saturated carbocycles. The van der Waals surface area contributed by atoms with Crippen molar-refractivity contribution in [2.75, 3.05) is 26.4 Å². The summed E-state index contributed by atoms with van der Waals surface area (Å²) in [5.41, 5.74) is 0. The molecule has 1 amide bonds. The van der Waals surface area contributed by atoms with Crippen molar-refractivity contribution in [2.45, 2.75) is 253 Å². The van der Waals surface area contributed by atoms with Gasteiger partial charge in [-0.3, -0.25) is 4.79 Å². The fourth-order valence-corrected chi connectivity index (χ4v) is 8.59. The summed E-state index contributed by atoms with van der Waals surface area (Å²) in [6.45, 7) is 1.39. The van der Waals surface area contributed by atoms with Crippen molar-refractivity contribution >= 4 is 5.91 Å². The number of aliphatic hydroxyl groups is 11. The van der Waals surface area contributed by atoms with Crippen LogP contribution in [-0.4, -0.2) is 193 Å². The highest BCUT2D eigenvalue weighted by Crippen LogP contribution is 2.33. The number of aliphatic hydroxyl groups excluding tert-OH is 11. The van der Waals surface area contributed by atoms with Gasteiger partial charge in [0.2, 0.25) is 5.91 Å². The molecule has 17 unspecified atom stereocenters. The minimum Gasteiger partial charge on any atom is -0.394 e. The normalized spacial score (nSPS) is 34.4. The van der Waals surface area contributed by atoms with Gasteiger partial charge in [-0.05, 0) is 12.8 Å². The van der Waals surface area contributed by atoms with Gasteiger partial charge in [0.05, 0.1) is 38.6 Å². The second-order valence-corrected chi connectivity index (χ2v) is 17.9. The molecule has 19 heteroatoms. The molecule has 64 heavy (non-hydrogen) atoms. The van der Waals surface area contributed by atoms with E-state index in [1.165, 1.54) is 89.9 Å². The summed E-state index contributed by atoms with van der Waals surface area (Å²) in [6.07, 6.45) is -2.94. The van der Waals surface area contributed by atoms with Crippen molar-refractivity contribution < 1.29 is 89.4 Å². The monoisotopic (exact) mass is 928 g/mol. The van der Waals surface area contributed by atoms with Crippen LogP contribution in [-0.2, 0) is 33.2 Å². The lowest BCUT2D eigenvalue weighted by atomic mass is 9.96. The first-order valence-electron chi connectivity index (χ1n) is 24.3. The second-order valence-electron chi connectivity index (χ2n) is 17.9. The van der Waals surface area contributed by atoms with Gasteiger partial charge in [-0.15, -0.1) is 0 Å². The van der Waals surface area contributed by atoms with E-state index in [0.29, 0.717) is 12.8 Å². The standard InChI is InChI=1S/C45H85NO18/c1-3-5-6-7-8-9-10-11-12-13-14-15-16-17-18-19-20-21-23-29(50)28(46-33(51)22-4-2)27-59-43-39(57)36(54)41(31(25-48)61-43)64-45-40(58)37(55)42(32(26-49)62-45)63-44-38(56)35(53)34(52)30(24-47)60-44/h28-32,34-45,47-50,52-58H,3-27H2,1-2H3,(H,46,51). The predicted molar refractivity (Wildman–Crippen MR) is 231 cm³/mol. The molecular formula is C45H85NO18. The first kappa shape index (κ1) is 57.1. The lowest BCUT2D eigenvalue weighted by Crippen LogP contribution is -2.66. The van der Waals surface area contributed by atoms with Crippen molar-refractivity contribution in [1.82, 2.24) is 5.32 Å². The molecule has 0 aromatic rings. The van der Waals surface area contributed by atoms with E-state index in [4.69, 9.17) is 28.4 Å². The van der Waals surface area contributed by atoms with Gasteiger partial charge in [0.15, 0.2) is 18.9 Å². The summed E-state index contributed by atoms with van der Waals surface area (Å²) < 4.78 is 33.8. The van der Waals surface area contributed by atoms with E-state index in [1.807, 2.05) is 6.92 Å². The highest BCUT2D eigenvalue weighted by atomic mass is 16.8. The lowest BCUT2D eigenvalue weighted by molar-refractivity contribution is -0.379. The Hall–Kier alpha value is -1.21. The van der Waals surface area contributed by atoms with E-state index >= 15 is 0 Å². The fraction of sp³-hybridized carbons (Fsp3) is 0.978. The summed E-state index contributed by atoms with van der Waals surface area (Å²) in [6, 6.07) is -0.875. The van der Waals surface area contributed by atoms with Crippen LogP contribution in [0.2, 0.25) is 0 Å². The van der Waals surface area contributed by atoms with Crippen molar-refractivity contribution in [3.63, 3.8) is 0 Å². The Kier molecular flexibility index (Phi) is 28.3. The van der Waals surface area contributed by atoms with Gasteiger partial charge < -0.3 is 89.9 Å². The van der Waals surface area contributed by atoms with Crippen LogP contribution < -0.4 is 5.32 Å². The quantitative estimate of drug-likeness (QED) is 0.0400. The maximum atomic E-state index is 12.6. The molecule has 3 rings (SSSR count). The van der Waals surface area contributed by atoms with E-state index in [0.717, 1.165) is 25.7 Å².